The predicted molar refractivity (Wildman–Crippen MR) is 375 cm³/mol. The van der Waals surface area contributed by atoms with E-state index in [1.165, 1.54) is 40.7 Å². The zero-order valence-corrected chi connectivity index (χ0v) is 54.3. The number of nitrogens with zero attached hydrogens (tertiary/aromatic N) is 1. The Bertz CT molecular complexity index is 4800. The van der Waals surface area contributed by atoms with Crippen LogP contribution >= 0.6 is 34.0 Å². The Labute approximate surface area is 553 Å². The number of ether oxygens (including phenoxy) is 3. The fourth-order valence-electron chi connectivity index (χ4n) is 10.1. The van der Waals surface area contributed by atoms with E-state index in [9.17, 15) is 45.0 Å². The molecule has 8 aromatic carbocycles. The SMILES string of the molecule is CC(C)c1ncoc1-c1sc2cc(O)ccc2c1Oc1ccc(/C=C/C(=O)O)cc1.CC/C(=C\c1ccc(Oc2c(-c3ccc(O)cc3)sc3cc(O)ccc23)cc1)C(=O)O.CC/C(=C\c1ccc(Oc2c(-c3ccccc3C(C)C)sc3cc(O)ccc23)cc1)C(=O)O. The molecule has 0 atom stereocenters. The van der Waals surface area contributed by atoms with Crippen molar-refractivity contribution in [2.75, 3.05) is 0 Å². The van der Waals surface area contributed by atoms with Crippen molar-refractivity contribution in [1.82, 2.24) is 4.98 Å². The molecule has 476 valence electrons. The molecule has 7 N–H and O–H groups in total. The molecule has 15 nitrogen and oxygen atoms in total. The fraction of sp³-hybridized carbons (Fsp3) is 0.132. The number of thiophene rings is 3. The van der Waals surface area contributed by atoms with Gasteiger partial charge in [0.15, 0.2) is 29.4 Å². The van der Waals surface area contributed by atoms with Crippen LogP contribution in [0.5, 0.6) is 57.5 Å². The normalized spacial score (nSPS) is 11.7. The number of rotatable bonds is 19. The molecule has 0 saturated heterocycles. The summed E-state index contributed by atoms with van der Waals surface area (Å²) in [7, 11) is 0. The summed E-state index contributed by atoms with van der Waals surface area (Å²) in [5.41, 5.74) is 7.13. The Morgan fingerprint density at radius 1 is 0.489 bits per heavy atom. The monoisotopic (exact) mass is 1310 g/mol. The minimum Gasteiger partial charge on any atom is -0.508 e. The lowest BCUT2D eigenvalue weighted by atomic mass is 9.96. The van der Waals surface area contributed by atoms with Crippen LogP contribution in [0.15, 0.2) is 204 Å². The molecule has 94 heavy (non-hydrogen) atoms. The second kappa shape index (κ2) is 29.6. The van der Waals surface area contributed by atoms with E-state index in [0.29, 0.717) is 64.4 Å². The summed E-state index contributed by atoms with van der Waals surface area (Å²) < 4.78 is 27.3. The van der Waals surface area contributed by atoms with Crippen molar-refractivity contribution in [1.29, 1.82) is 0 Å². The maximum atomic E-state index is 11.3. The average Bonchev–Trinajstić information content (AvgIpc) is 1.63. The number of hydrogen-bond donors (Lipinski definition) is 7. The van der Waals surface area contributed by atoms with E-state index >= 15 is 0 Å². The molecular weight excluding hydrogens is 1250 g/mol. The van der Waals surface area contributed by atoms with Crippen LogP contribution in [-0.4, -0.2) is 58.6 Å². The van der Waals surface area contributed by atoms with Crippen molar-refractivity contribution in [2.24, 2.45) is 0 Å². The Morgan fingerprint density at radius 2 is 0.904 bits per heavy atom. The Kier molecular flexibility index (Phi) is 20.8. The van der Waals surface area contributed by atoms with Crippen LogP contribution in [0.25, 0.3) is 80.0 Å². The van der Waals surface area contributed by atoms with Crippen molar-refractivity contribution in [3.05, 3.63) is 227 Å². The molecule has 0 amide bonds. The molecule has 12 aromatic rings. The van der Waals surface area contributed by atoms with E-state index in [4.69, 9.17) is 23.7 Å². The van der Waals surface area contributed by atoms with Crippen LogP contribution in [0.2, 0.25) is 0 Å². The zero-order valence-electron chi connectivity index (χ0n) is 51.9. The van der Waals surface area contributed by atoms with Gasteiger partial charge in [-0.25, -0.2) is 19.4 Å². The molecule has 0 spiro atoms. The second-order valence-electron chi connectivity index (χ2n) is 22.2. The fourth-order valence-corrected chi connectivity index (χ4v) is 13.7. The van der Waals surface area contributed by atoms with Crippen LogP contribution in [0.1, 0.15) is 94.2 Å². The molecule has 0 aliphatic rings. The minimum atomic E-state index is -0.999. The number of aliphatic carboxylic acids is 3. The topological polar surface area (TPSA) is 247 Å². The first kappa shape index (κ1) is 66.0. The standard InChI is InChI=1S/C28H26O4S.C25H20O5S.C23H19NO5S/c1-4-19(28(30)31)15-18-9-12-21(13-10-18)32-26-24-14-11-20(29)16-25(24)33-27(26)23-8-6-5-7-22(23)17(2)3;1-2-16(25(28)29)13-15-3-10-20(11-4-15)30-23-21-12-9-19(27)14-22(21)31-24(23)17-5-7-18(26)8-6-17;1-13(2)20-22(28-12-24-20)23-21(17-9-6-15(25)11-18(17)30-23)29-16-7-3-14(4-8-16)5-10-19(26)27/h5-17,29H,4H2,1-3H3,(H,30,31);3-14,26-27H,2H2,1H3,(H,28,29);3-13,25H,1-2H3,(H,26,27)/b19-15+;16-13+;10-5+. The zero-order chi connectivity index (χ0) is 66.7. The number of phenolic OH excluding ortho intramolecular Hbond substituents is 4. The van der Waals surface area contributed by atoms with Gasteiger partial charge in [-0.2, -0.15) is 0 Å². The first-order chi connectivity index (χ1) is 45.2. The molecule has 4 aromatic heterocycles. The maximum Gasteiger partial charge on any atom is 0.331 e. The minimum absolute atomic E-state index is 0.172. The van der Waals surface area contributed by atoms with Gasteiger partial charge in [0.05, 0.1) is 15.4 Å². The van der Waals surface area contributed by atoms with E-state index in [-0.39, 0.29) is 28.9 Å². The highest BCUT2D eigenvalue weighted by atomic mass is 32.1. The number of aromatic nitrogens is 1. The Balaban J connectivity index is 0.000000154. The first-order valence-corrected chi connectivity index (χ1v) is 32.4. The van der Waals surface area contributed by atoms with Crippen molar-refractivity contribution in [3.8, 4) is 89.0 Å². The quantitative estimate of drug-likeness (QED) is 0.0372. The number of hydrogen-bond acceptors (Lipinski definition) is 15. The van der Waals surface area contributed by atoms with Gasteiger partial charge in [0.2, 0.25) is 0 Å². The van der Waals surface area contributed by atoms with Crippen molar-refractivity contribution in [3.63, 3.8) is 0 Å². The summed E-state index contributed by atoms with van der Waals surface area (Å²) in [6.07, 6.45) is 8.26. The van der Waals surface area contributed by atoms with E-state index in [1.54, 1.807) is 108 Å². The summed E-state index contributed by atoms with van der Waals surface area (Å²) in [6.45, 7) is 12.1. The highest BCUT2D eigenvalue weighted by Crippen LogP contribution is 2.51. The molecule has 0 aliphatic heterocycles. The van der Waals surface area contributed by atoms with Crippen LogP contribution in [0.4, 0.5) is 0 Å². The van der Waals surface area contributed by atoms with Crippen LogP contribution in [0.3, 0.4) is 0 Å². The average molecular weight is 1310 g/mol. The summed E-state index contributed by atoms with van der Waals surface area (Å²) in [5, 5.41) is 69.3. The summed E-state index contributed by atoms with van der Waals surface area (Å²) in [6, 6.07) is 52.5. The second-order valence-corrected chi connectivity index (χ2v) is 25.3. The first-order valence-electron chi connectivity index (χ1n) is 29.9. The van der Waals surface area contributed by atoms with Gasteiger partial charge in [-0.3, -0.25) is 0 Å². The molecular formula is C76H65NO14S3. The number of oxazole rings is 1. The number of carboxylic acids is 3. The maximum absolute atomic E-state index is 11.3. The Morgan fingerprint density at radius 3 is 1.34 bits per heavy atom. The predicted octanol–water partition coefficient (Wildman–Crippen LogP) is 21.0. The van der Waals surface area contributed by atoms with Gasteiger partial charge in [-0.15, -0.1) is 34.0 Å². The van der Waals surface area contributed by atoms with Gasteiger partial charge >= 0.3 is 17.9 Å². The van der Waals surface area contributed by atoms with Gasteiger partial charge in [0.1, 0.15) is 45.1 Å². The third-order valence-corrected chi connectivity index (χ3v) is 18.4. The third-order valence-electron chi connectivity index (χ3n) is 14.9. The molecule has 4 heterocycles. The largest absolute Gasteiger partial charge is 0.508 e. The van der Waals surface area contributed by atoms with Crippen molar-refractivity contribution in [2.45, 2.75) is 66.2 Å². The number of carboxylic acid groups (broad SMARTS) is 3. The molecule has 0 saturated carbocycles. The van der Waals surface area contributed by atoms with Crippen LogP contribution in [-0.2, 0) is 14.4 Å². The van der Waals surface area contributed by atoms with E-state index in [2.05, 4.69) is 31.0 Å². The van der Waals surface area contributed by atoms with E-state index in [0.717, 1.165) is 90.2 Å². The third kappa shape index (κ3) is 15.7. The van der Waals surface area contributed by atoms with Crippen molar-refractivity contribution >= 4 is 100 Å². The van der Waals surface area contributed by atoms with Crippen LogP contribution in [0, 0.1) is 0 Å². The lowest BCUT2D eigenvalue weighted by molar-refractivity contribution is -0.133. The lowest BCUT2D eigenvalue weighted by Gasteiger charge is -2.14. The number of fused-ring (bicyclic) bond motifs is 3. The molecule has 0 aliphatic carbocycles. The van der Waals surface area contributed by atoms with Crippen molar-refractivity contribution < 1.29 is 68.8 Å². The van der Waals surface area contributed by atoms with Gasteiger partial charge in [-0.1, -0.05) is 102 Å². The lowest BCUT2D eigenvalue weighted by Crippen LogP contribution is -1.98. The van der Waals surface area contributed by atoms with Gasteiger partial charge in [0.25, 0.3) is 0 Å². The molecule has 12 rings (SSSR count). The molecule has 0 unspecified atom stereocenters. The van der Waals surface area contributed by atoms with Gasteiger partial charge < -0.3 is 54.4 Å². The number of benzene rings is 8. The molecule has 0 radical (unpaired) electrons. The summed E-state index contributed by atoms with van der Waals surface area (Å²) in [5.74, 6) is 3.03. The van der Waals surface area contributed by atoms with Crippen LogP contribution < -0.4 is 14.2 Å². The van der Waals surface area contributed by atoms with E-state index in [1.807, 2.05) is 107 Å². The highest BCUT2D eigenvalue weighted by molar-refractivity contribution is 7.23. The smallest absolute Gasteiger partial charge is 0.331 e. The highest BCUT2D eigenvalue weighted by Gasteiger charge is 2.25. The molecule has 0 fully saturated rings. The summed E-state index contributed by atoms with van der Waals surface area (Å²) >= 11 is 4.56. The van der Waals surface area contributed by atoms with Gasteiger partial charge in [0, 0.05) is 47.5 Å². The number of carbonyl (C=O) groups is 3. The molecule has 0 bridgehead atoms. The summed E-state index contributed by atoms with van der Waals surface area (Å²) in [4.78, 5) is 40.3. The van der Waals surface area contributed by atoms with Gasteiger partial charge in [-0.05, 0) is 192 Å². The Hall–Kier alpha value is -10.9. The number of aromatic hydroxyl groups is 4. The van der Waals surface area contributed by atoms with E-state index < -0.39 is 17.9 Å². The molecule has 18 heteroatoms. The number of phenols is 4.